The lowest BCUT2D eigenvalue weighted by atomic mass is 9.73. The first kappa shape index (κ1) is 13.3. The number of para-hydroxylation sites is 1. The summed E-state index contributed by atoms with van der Waals surface area (Å²) in [6, 6.07) is 15.1. The first-order valence-corrected chi connectivity index (χ1v) is 7.54. The van der Waals surface area contributed by atoms with Gasteiger partial charge < -0.3 is 15.3 Å². The van der Waals surface area contributed by atoms with Gasteiger partial charge in [-0.2, -0.15) is 0 Å². The molecule has 2 N–H and O–H groups in total. The van der Waals surface area contributed by atoms with Crippen LogP contribution in [0.5, 0.6) is 5.75 Å². The van der Waals surface area contributed by atoms with Crippen molar-refractivity contribution in [3.8, 4) is 5.75 Å². The predicted octanol–water partition coefficient (Wildman–Crippen LogP) is 2.34. The van der Waals surface area contributed by atoms with Crippen molar-refractivity contribution in [1.29, 1.82) is 0 Å². The number of hydrogen-bond acceptors (Lipinski definition) is 3. The van der Waals surface area contributed by atoms with Crippen LogP contribution in [0.3, 0.4) is 0 Å². The number of amides is 1. The molecule has 1 amide bonds. The van der Waals surface area contributed by atoms with E-state index in [0.29, 0.717) is 0 Å². The van der Waals surface area contributed by atoms with E-state index in [0.717, 1.165) is 29.8 Å². The van der Waals surface area contributed by atoms with Gasteiger partial charge in [-0.3, -0.25) is 4.79 Å². The van der Waals surface area contributed by atoms with Crippen molar-refractivity contribution in [3.05, 3.63) is 59.7 Å². The summed E-state index contributed by atoms with van der Waals surface area (Å²) in [4.78, 5) is 14.8. The Labute approximate surface area is 129 Å². The Morgan fingerprint density at radius 3 is 2.68 bits per heavy atom. The third-order valence-corrected chi connectivity index (χ3v) is 5.02. The molecule has 2 aliphatic rings. The van der Waals surface area contributed by atoms with E-state index in [4.69, 9.17) is 0 Å². The Bertz CT molecular complexity index is 741. The molecule has 1 spiro atoms. The van der Waals surface area contributed by atoms with E-state index < -0.39 is 5.41 Å². The molecule has 0 aromatic heterocycles. The van der Waals surface area contributed by atoms with Gasteiger partial charge in [0.05, 0.1) is 11.5 Å². The van der Waals surface area contributed by atoms with E-state index in [1.807, 2.05) is 37.4 Å². The fraction of sp³-hybridized carbons (Fsp3) is 0.278. The van der Waals surface area contributed by atoms with E-state index in [9.17, 15) is 9.90 Å². The number of rotatable bonds is 1. The molecule has 4 heteroatoms. The Morgan fingerprint density at radius 1 is 1.18 bits per heavy atom. The minimum absolute atomic E-state index is 0.0632. The van der Waals surface area contributed by atoms with Crippen LogP contribution in [-0.2, 0) is 10.2 Å². The first-order chi connectivity index (χ1) is 10.6. The van der Waals surface area contributed by atoms with Crippen LogP contribution in [0.1, 0.15) is 23.6 Å². The zero-order valence-corrected chi connectivity index (χ0v) is 12.4. The summed E-state index contributed by atoms with van der Waals surface area (Å²) in [6.45, 7) is 0.805. The van der Waals surface area contributed by atoms with E-state index in [-0.39, 0.29) is 17.7 Å². The van der Waals surface area contributed by atoms with Crippen LogP contribution in [0.15, 0.2) is 48.5 Å². The largest absolute Gasteiger partial charge is 0.508 e. The van der Waals surface area contributed by atoms with E-state index in [2.05, 4.69) is 11.4 Å². The summed E-state index contributed by atoms with van der Waals surface area (Å²) in [5.74, 6) is 0.392. The van der Waals surface area contributed by atoms with Gasteiger partial charge in [-0.05, 0) is 42.3 Å². The van der Waals surface area contributed by atoms with Crippen molar-refractivity contribution in [3.63, 3.8) is 0 Å². The van der Waals surface area contributed by atoms with Crippen LogP contribution in [0.2, 0.25) is 0 Å². The van der Waals surface area contributed by atoms with Crippen molar-refractivity contribution < 1.29 is 9.90 Å². The molecule has 2 atom stereocenters. The molecule has 0 bridgehead atoms. The predicted molar refractivity (Wildman–Crippen MR) is 85.0 cm³/mol. The molecule has 0 saturated carbocycles. The molecule has 4 nitrogen and oxygen atoms in total. The number of carbonyl (C=O) groups is 1. The van der Waals surface area contributed by atoms with Gasteiger partial charge in [-0.25, -0.2) is 0 Å². The topological polar surface area (TPSA) is 52.6 Å². The Hall–Kier alpha value is -2.33. The van der Waals surface area contributed by atoms with Gasteiger partial charge in [0.1, 0.15) is 5.75 Å². The van der Waals surface area contributed by atoms with E-state index >= 15 is 0 Å². The quantitative estimate of drug-likeness (QED) is 0.849. The van der Waals surface area contributed by atoms with Crippen LogP contribution in [0.25, 0.3) is 0 Å². The molecular formula is C18H18N2O2. The lowest BCUT2D eigenvalue weighted by molar-refractivity contribution is -0.123. The third-order valence-electron chi connectivity index (χ3n) is 5.02. The number of hydrogen-bond donors (Lipinski definition) is 2. The summed E-state index contributed by atoms with van der Waals surface area (Å²) in [7, 11) is 1.85. The molecule has 2 aromatic rings. The molecule has 4 rings (SSSR count). The van der Waals surface area contributed by atoms with Crippen LogP contribution in [0.4, 0.5) is 5.69 Å². The molecule has 112 valence electrons. The van der Waals surface area contributed by atoms with Crippen molar-refractivity contribution >= 4 is 11.6 Å². The van der Waals surface area contributed by atoms with Gasteiger partial charge in [0.2, 0.25) is 5.91 Å². The number of phenolic OH excluding ortho intramolecular Hbond substituents is 1. The lowest BCUT2D eigenvalue weighted by Crippen LogP contribution is -2.42. The van der Waals surface area contributed by atoms with Crippen LogP contribution in [0, 0.1) is 0 Å². The number of nitrogens with one attached hydrogen (secondary N) is 1. The standard InChI is InChI=1S/C18H18N2O2/c1-20-15-5-3-2-4-14(15)18(17(20)22)10-11-19-16(18)12-6-8-13(21)9-7-12/h2-9,16,19,21H,10-11H2,1H3/t16-,18+/m1/s1. The molecule has 1 fully saturated rings. The van der Waals surface area contributed by atoms with Crippen LogP contribution in [-0.4, -0.2) is 24.6 Å². The zero-order chi connectivity index (χ0) is 15.3. The van der Waals surface area contributed by atoms with Gasteiger partial charge in [-0.15, -0.1) is 0 Å². The second kappa shape index (κ2) is 4.58. The second-order valence-corrected chi connectivity index (χ2v) is 6.08. The zero-order valence-electron chi connectivity index (χ0n) is 12.4. The monoisotopic (exact) mass is 294 g/mol. The highest BCUT2D eigenvalue weighted by Gasteiger charge is 2.57. The van der Waals surface area contributed by atoms with E-state index in [1.165, 1.54) is 0 Å². The molecule has 0 aliphatic carbocycles. The molecular weight excluding hydrogens is 276 g/mol. The summed E-state index contributed by atoms with van der Waals surface area (Å²) in [5.41, 5.74) is 2.60. The molecule has 0 radical (unpaired) electrons. The van der Waals surface area contributed by atoms with Crippen LogP contribution >= 0.6 is 0 Å². The van der Waals surface area contributed by atoms with E-state index in [1.54, 1.807) is 17.0 Å². The van der Waals surface area contributed by atoms with Crippen molar-refractivity contribution in [2.45, 2.75) is 17.9 Å². The number of benzene rings is 2. The lowest BCUT2D eigenvalue weighted by Gasteiger charge is -2.30. The maximum Gasteiger partial charge on any atom is 0.239 e. The first-order valence-electron chi connectivity index (χ1n) is 7.54. The SMILES string of the molecule is CN1C(=O)[C@@]2(CCN[C@@H]2c2ccc(O)cc2)c2ccccc21. The number of nitrogens with zero attached hydrogens (tertiary/aromatic N) is 1. The number of carbonyl (C=O) groups excluding carboxylic acids is 1. The van der Waals surface area contributed by atoms with Gasteiger partial charge in [0, 0.05) is 12.7 Å². The fourth-order valence-electron chi connectivity index (χ4n) is 3.99. The maximum absolute atomic E-state index is 13.1. The number of anilines is 1. The van der Waals surface area contributed by atoms with Crippen molar-refractivity contribution in [2.24, 2.45) is 0 Å². The fourth-order valence-corrected chi connectivity index (χ4v) is 3.99. The van der Waals surface area contributed by atoms with Crippen LogP contribution < -0.4 is 10.2 Å². The van der Waals surface area contributed by atoms with Crippen molar-refractivity contribution in [2.75, 3.05) is 18.5 Å². The molecule has 2 heterocycles. The number of phenols is 1. The number of fused-ring (bicyclic) bond motifs is 2. The highest BCUT2D eigenvalue weighted by molar-refractivity contribution is 6.08. The maximum atomic E-state index is 13.1. The number of likely N-dealkylation sites (N-methyl/N-ethyl adjacent to an activating group) is 1. The van der Waals surface area contributed by atoms with Gasteiger partial charge in [0.25, 0.3) is 0 Å². The summed E-state index contributed by atoms with van der Waals surface area (Å²) in [5, 5.41) is 13.0. The molecule has 0 unspecified atom stereocenters. The Balaban J connectivity index is 1.89. The molecule has 2 aliphatic heterocycles. The smallest absolute Gasteiger partial charge is 0.239 e. The minimum atomic E-state index is -0.539. The normalized spacial score (nSPS) is 26.7. The highest BCUT2D eigenvalue weighted by Crippen LogP contribution is 2.52. The Kier molecular flexibility index (Phi) is 2.78. The second-order valence-electron chi connectivity index (χ2n) is 6.08. The van der Waals surface area contributed by atoms with Crippen molar-refractivity contribution in [1.82, 2.24) is 5.32 Å². The molecule has 2 aromatic carbocycles. The average molecular weight is 294 g/mol. The van der Waals surface area contributed by atoms with Gasteiger partial charge in [-0.1, -0.05) is 30.3 Å². The molecule has 1 saturated heterocycles. The van der Waals surface area contributed by atoms with Gasteiger partial charge >= 0.3 is 0 Å². The third kappa shape index (κ3) is 1.58. The summed E-state index contributed by atoms with van der Waals surface area (Å²) < 4.78 is 0. The minimum Gasteiger partial charge on any atom is -0.508 e. The number of aromatic hydroxyl groups is 1. The Morgan fingerprint density at radius 2 is 1.91 bits per heavy atom. The highest BCUT2D eigenvalue weighted by atomic mass is 16.3. The molecule has 22 heavy (non-hydrogen) atoms. The van der Waals surface area contributed by atoms with Gasteiger partial charge in [0.15, 0.2) is 0 Å². The average Bonchev–Trinajstić information content (AvgIpc) is 3.07. The summed E-state index contributed by atoms with van der Waals surface area (Å²) in [6.07, 6.45) is 0.790. The summed E-state index contributed by atoms with van der Waals surface area (Å²) >= 11 is 0.